The van der Waals surface area contributed by atoms with Crippen LogP contribution in [0.4, 0.5) is 0 Å². The van der Waals surface area contributed by atoms with Crippen molar-refractivity contribution in [3.8, 4) is 5.75 Å². The Labute approximate surface area is 407 Å². The van der Waals surface area contributed by atoms with Crippen molar-refractivity contribution < 1.29 is 67.5 Å². The smallest absolute Gasteiger partial charge is 0.335 e. The quantitative estimate of drug-likeness (QED) is 0.0301. The minimum atomic E-state index is -1.19. The van der Waals surface area contributed by atoms with Crippen molar-refractivity contribution in [1.82, 2.24) is 21.3 Å². The normalized spacial score (nSPS) is 10.9. The SMILES string of the molecule is CC.CC.CCC.CNC(CCCCNC(=O)COCCOCCCOCCOCCNC(=O)CCC(NC(=O)CCCCCCCCCOc1cccc(C(=O)O)c1)C(=O)O)C(C)=O.NC=O. The molecule has 2 atom stereocenters. The number of carboxylic acids is 2. The molecule has 0 aliphatic carbocycles. The molecular weight excluding hydrogens is 883 g/mol. The number of hydrogen-bond donors (Lipinski definition) is 7. The number of Topliss-reactive ketones (excluding diaryl/α,β-unsaturated/α-hetero) is 1. The average molecular weight is 974 g/mol. The van der Waals surface area contributed by atoms with E-state index >= 15 is 0 Å². The van der Waals surface area contributed by atoms with Crippen molar-refractivity contribution in [3.63, 3.8) is 0 Å². The fourth-order valence-corrected chi connectivity index (χ4v) is 5.60. The highest BCUT2D eigenvalue weighted by molar-refractivity contribution is 5.88. The van der Waals surface area contributed by atoms with Gasteiger partial charge in [0.05, 0.1) is 51.2 Å². The first-order chi connectivity index (χ1) is 32.9. The van der Waals surface area contributed by atoms with Gasteiger partial charge in [-0.25, -0.2) is 9.59 Å². The molecule has 68 heavy (non-hydrogen) atoms. The highest BCUT2D eigenvalue weighted by Gasteiger charge is 2.21. The Hall–Kier alpha value is -4.69. The highest BCUT2D eigenvalue weighted by atomic mass is 16.5. The zero-order valence-corrected chi connectivity index (χ0v) is 42.8. The molecule has 0 aliphatic rings. The predicted octanol–water partition coefficient (Wildman–Crippen LogP) is 5.84. The molecule has 0 saturated carbocycles. The molecule has 19 heteroatoms. The van der Waals surface area contributed by atoms with Crippen LogP contribution in [0.2, 0.25) is 0 Å². The third-order valence-corrected chi connectivity index (χ3v) is 8.90. The van der Waals surface area contributed by atoms with Crippen LogP contribution in [0.1, 0.15) is 155 Å². The number of nitrogens with two attached hydrogens (primary N) is 1. The van der Waals surface area contributed by atoms with Gasteiger partial charge in [0.25, 0.3) is 0 Å². The number of amides is 4. The first-order valence-electron chi connectivity index (χ1n) is 24.5. The number of hydrogen-bond acceptors (Lipinski definition) is 13. The summed E-state index contributed by atoms with van der Waals surface area (Å²) in [6.45, 7) is 17.7. The second-order valence-electron chi connectivity index (χ2n) is 14.6. The maximum Gasteiger partial charge on any atom is 0.335 e. The number of nitrogens with one attached hydrogen (secondary N) is 4. The lowest BCUT2D eigenvalue weighted by molar-refractivity contribution is -0.142. The van der Waals surface area contributed by atoms with Crippen LogP contribution < -0.4 is 31.7 Å². The summed E-state index contributed by atoms with van der Waals surface area (Å²) in [6, 6.07) is 5.13. The fourth-order valence-electron chi connectivity index (χ4n) is 5.60. The standard InChI is InChI=1S/C41H68N4O13.C3H8.2C2H6.CH3NO/c1-32(46)35(42-2)16-9-10-20-43-39(49)31-57-29-28-55-23-13-22-54-26-27-56-25-21-44-37(47)19-18-36(41(52)53)45-38(48)17-8-6-4-3-5-7-11-24-58-34-15-12-14-33(30-34)40(50)51;1-3-2;2*1-2;2-1-3/h12,14-15,30,35-36,42H,3-11,13,16-29,31H2,1-2H3,(H,43,49)(H,44,47)(H,45,48)(H,50,51)(H,52,53);3H2,1-2H3;2*1-2H3;1H,(H2,2,3). The molecule has 0 saturated heterocycles. The number of carbonyl (C=O) groups excluding carboxylic acids is 5. The summed E-state index contributed by atoms with van der Waals surface area (Å²) in [4.78, 5) is 79.0. The third kappa shape index (κ3) is 49.2. The number of carboxylic acid groups (broad SMARTS) is 2. The molecule has 8 N–H and O–H groups in total. The molecule has 2 unspecified atom stereocenters. The van der Waals surface area contributed by atoms with Crippen LogP contribution in [0.25, 0.3) is 0 Å². The Morgan fingerprint density at radius 3 is 1.74 bits per heavy atom. The lowest BCUT2D eigenvalue weighted by Crippen LogP contribution is -2.41. The van der Waals surface area contributed by atoms with E-state index in [0.717, 1.165) is 57.8 Å². The molecule has 1 rings (SSSR count). The van der Waals surface area contributed by atoms with Gasteiger partial charge in [0.15, 0.2) is 0 Å². The van der Waals surface area contributed by atoms with Gasteiger partial charge in [-0.2, -0.15) is 0 Å². The van der Waals surface area contributed by atoms with Crippen LogP contribution in [0, 0.1) is 0 Å². The van der Waals surface area contributed by atoms with E-state index in [9.17, 15) is 33.9 Å². The van der Waals surface area contributed by atoms with Crippen molar-refractivity contribution in [2.45, 2.75) is 157 Å². The van der Waals surface area contributed by atoms with Crippen molar-refractivity contribution in [1.29, 1.82) is 0 Å². The number of rotatable bonds is 39. The first kappa shape index (κ1) is 69.9. The van der Waals surface area contributed by atoms with E-state index in [2.05, 4.69) is 40.8 Å². The second-order valence-corrected chi connectivity index (χ2v) is 14.6. The summed E-state index contributed by atoms with van der Waals surface area (Å²) in [5, 5.41) is 29.5. The Bertz CT molecular complexity index is 1390. The molecule has 0 heterocycles. The lowest BCUT2D eigenvalue weighted by atomic mass is 10.1. The summed E-state index contributed by atoms with van der Waals surface area (Å²) in [5.41, 5.74) is 4.36. The molecule has 0 bridgehead atoms. The van der Waals surface area contributed by atoms with E-state index in [1.165, 1.54) is 18.6 Å². The Kier molecular flexibility index (Phi) is 56.4. The molecule has 1 aromatic rings. The molecule has 0 spiro atoms. The van der Waals surface area contributed by atoms with E-state index in [-0.39, 0.29) is 80.5 Å². The van der Waals surface area contributed by atoms with Gasteiger partial charge in [-0.1, -0.05) is 86.1 Å². The van der Waals surface area contributed by atoms with E-state index in [1.54, 1.807) is 26.1 Å². The molecule has 19 nitrogen and oxygen atoms in total. The van der Waals surface area contributed by atoms with Crippen molar-refractivity contribution in [3.05, 3.63) is 29.8 Å². The van der Waals surface area contributed by atoms with E-state index < -0.39 is 18.0 Å². The number of ketones is 1. The van der Waals surface area contributed by atoms with Crippen LogP contribution in [0.5, 0.6) is 5.75 Å². The van der Waals surface area contributed by atoms with Gasteiger partial charge in [-0.05, 0) is 77.1 Å². The summed E-state index contributed by atoms with van der Waals surface area (Å²) >= 11 is 0. The third-order valence-electron chi connectivity index (χ3n) is 8.90. The molecular formula is C49H91N5O14. The zero-order valence-electron chi connectivity index (χ0n) is 42.8. The summed E-state index contributed by atoms with van der Waals surface area (Å²) in [7, 11) is 1.76. The fraction of sp³-hybridized carbons (Fsp3) is 0.735. The van der Waals surface area contributed by atoms with Crippen molar-refractivity contribution in [2.75, 3.05) is 79.6 Å². The van der Waals surface area contributed by atoms with Crippen molar-refractivity contribution >= 4 is 41.9 Å². The van der Waals surface area contributed by atoms with E-state index in [1.807, 2.05) is 27.7 Å². The average Bonchev–Trinajstić information content (AvgIpc) is 3.32. The Morgan fingerprint density at radius 1 is 0.632 bits per heavy atom. The topological polar surface area (TPSA) is 280 Å². The van der Waals surface area contributed by atoms with Gasteiger partial charge in [-0.15, -0.1) is 0 Å². The van der Waals surface area contributed by atoms with Crippen LogP contribution in [-0.4, -0.2) is 144 Å². The second kappa shape index (κ2) is 54.9. The predicted molar refractivity (Wildman–Crippen MR) is 265 cm³/mol. The molecule has 396 valence electrons. The molecule has 4 amide bonds. The number of aliphatic carboxylic acids is 1. The highest BCUT2D eigenvalue weighted by Crippen LogP contribution is 2.15. The van der Waals surface area contributed by atoms with Gasteiger partial charge in [0.1, 0.15) is 24.2 Å². The van der Waals surface area contributed by atoms with Gasteiger partial charge in [-0.3, -0.25) is 24.0 Å². The number of ether oxygens (including phenoxy) is 5. The van der Waals surface area contributed by atoms with E-state index in [0.29, 0.717) is 71.4 Å². The molecule has 0 aliphatic heterocycles. The maximum atomic E-state index is 12.3. The van der Waals surface area contributed by atoms with Crippen LogP contribution >= 0.6 is 0 Å². The molecule has 0 radical (unpaired) electrons. The van der Waals surface area contributed by atoms with E-state index in [4.69, 9.17) is 33.6 Å². The minimum Gasteiger partial charge on any atom is -0.494 e. The number of unbranched alkanes of at least 4 members (excludes halogenated alkanes) is 7. The zero-order chi connectivity index (χ0) is 52.1. The summed E-state index contributed by atoms with van der Waals surface area (Å²) in [6.07, 6.45) is 11.0. The van der Waals surface area contributed by atoms with Gasteiger partial charge >= 0.3 is 11.9 Å². The molecule has 0 fully saturated rings. The van der Waals surface area contributed by atoms with Crippen LogP contribution in [0.15, 0.2) is 24.3 Å². The Morgan fingerprint density at radius 2 is 1.18 bits per heavy atom. The largest absolute Gasteiger partial charge is 0.494 e. The number of aromatic carboxylic acids is 1. The van der Waals surface area contributed by atoms with Gasteiger partial charge < -0.3 is 60.9 Å². The minimum absolute atomic E-state index is 0.0201. The van der Waals surface area contributed by atoms with Gasteiger partial charge in [0.2, 0.25) is 24.1 Å². The number of likely N-dealkylation sites (N-methyl/N-ethyl adjacent to an activating group) is 1. The summed E-state index contributed by atoms with van der Waals surface area (Å²) < 4.78 is 27.4. The first-order valence-corrected chi connectivity index (χ1v) is 24.5. The van der Waals surface area contributed by atoms with Crippen LogP contribution in [0.3, 0.4) is 0 Å². The number of benzene rings is 1. The lowest BCUT2D eigenvalue weighted by Gasteiger charge is -2.14. The van der Waals surface area contributed by atoms with Crippen molar-refractivity contribution in [2.24, 2.45) is 5.73 Å². The van der Waals surface area contributed by atoms with Gasteiger partial charge in [0, 0.05) is 39.1 Å². The van der Waals surface area contributed by atoms with Crippen LogP contribution in [-0.2, 0) is 47.7 Å². The Balaban J connectivity index is -0.00000189. The molecule has 1 aromatic carbocycles. The molecule has 0 aromatic heterocycles. The monoisotopic (exact) mass is 974 g/mol. The maximum absolute atomic E-state index is 12.3. The summed E-state index contributed by atoms with van der Waals surface area (Å²) in [5.74, 6) is -2.39. The number of carbonyl (C=O) groups is 7. The number of primary amides is 1.